The van der Waals surface area contributed by atoms with Gasteiger partial charge < -0.3 is 0 Å². The number of nitriles is 1. The van der Waals surface area contributed by atoms with Crippen LogP contribution >= 0.6 is 0 Å². The summed E-state index contributed by atoms with van der Waals surface area (Å²) in [4.78, 5) is 0. The molecule has 1 atom stereocenters. The zero-order chi connectivity index (χ0) is 13.8. The second kappa shape index (κ2) is 5.98. The van der Waals surface area contributed by atoms with Gasteiger partial charge in [0.2, 0.25) is 10.0 Å². The van der Waals surface area contributed by atoms with E-state index in [4.69, 9.17) is 5.26 Å². The summed E-state index contributed by atoms with van der Waals surface area (Å²) in [6, 6.07) is 8.62. The monoisotopic (exact) mass is 266 g/mol. The maximum absolute atomic E-state index is 12.0. The predicted molar refractivity (Wildman–Crippen MR) is 71.2 cm³/mol. The summed E-state index contributed by atoms with van der Waals surface area (Å²) in [6.45, 7) is 5.74. The van der Waals surface area contributed by atoms with Crippen molar-refractivity contribution in [1.29, 1.82) is 5.26 Å². The molecule has 1 unspecified atom stereocenters. The third-order valence-corrected chi connectivity index (χ3v) is 4.27. The van der Waals surface area contributed by atoms with Crippen molar-refractivity contribution in [3.05, 3.63) is 35.4 Å². The molecule has 0 saturated carbocycles. The smallest absolute Gasteiger partial charge is 0.212 e. The van der Waals surface area contributed by atoms with Crippen LogP contribution in [0.25, 0.3) is 0 Å². The summed E-state index contributed by atoms with van der Waals surface area (Å²) in [7, 11) is -3.41. The first-order chi connectivity index (χ1) is 8.35. The molecule has 1 rings (SSSR count). The minimum absolute atomic E-state index is 0.121. The van der Waals surface area contributed by atoms with Gasteiger partial charge in [-0.25, -0.2) is 13.1 Å². The fourth-order valence-corrected chi connectivity index (χ4v) is 3.00. The molecule has 0 aliphatic carbocycles. The maximum Gasteiger partial charge on any atom is 0.216 e. The fourth-order valence-electron chi connectivity index (χ4n) is 1.42. The van der Waals surface area contributed by atoms with Crippen LogP contribution in [-0.4, -0.2) is 14.5 Å². The van der Waals surface area contributed by atoms with Crippen molar-refractivity contribution >= 4 is 10.0 Å². The Labute approximate surface area is 109 Å². The molecule has 18 heavy (non-hydrogen) atoms. The van der Waals surface area contributed by atoms with Crippen molar-refractivity contribution in [3.8, 4) is 6.07 Å². The van der Waals surface area contributed by atoms with E-state index in [-0.39, 0.29) is 17.7 Å². The van der Waals surface area contributed by atoms with Crippen LogP contribution < -0.4 is 4.72 Å². The minimum atomic E-state index is -3.41. The van der Waals surface area contributed by atoms with Gasteiger partial charge in [-0.1, -0.05) is 32.0 Å². The van der Waals surface area contributed by atoms with Crippen molar-refractivity contribution in [2.24, 2.45) is 5.92 Å². The van der Waals surface area contributed by atoms with E-state index in [1.54, 1.807) is 24.3 Å². The first kappa shape index (κ1) is 14.7. The Morgan fingerprint density at radius 2 is 1.89 bits per heavy atom. The number of hydrogen-bond acceptors (Lipinski definition) is 3. The number of benzene rings is 1. The average Bonchev–Trinajstić information content (AvgIpc) is 2.28. The lowest BCUT2D eigenvalue weighted by Crippen LogP contribution is -2.36. The van der Waals surface area contributed by atoms with Crippen LogP contribution in [0.1, 0.15) is 31.9 Å². The van der Waals surface area contributed by atoms with E-state index in [2.05, 4.69) is 4.72 Å². The van der Waals surface area contributed by atoms with Gasteiger partial charge >= 0.3 is 0 Å². The van der Waals surface area contributed by atoms with Crippen LogP contribution in [0, 0.1) is 17.2 Å². The lowest BCUT2D eigenvalue weighted by atomic mass is 10.1. The average molecular weight is 266 g/mol. The van der Waals surface area contributed by atoms with E-state index in [9.17, 15) is 8.42 Å². The summed E-state index contributed by atoms with van der Waals surface area (Å²) in [5.74, 6) is 0.0688. The van der Waals surface area contributed by atoms with Crippen LogP contribution in [0.2, 0.25) is 0 Å². The highest BCUT2D eigenvalue weighted by atomic mass is 32.2. The SMILES string of the molecule is CC(C)C(C)NS(=O)(=O)Cc1ccccc1C#N. The molecule has 0 fully saturated rings. The molecule has 0 bridgehead atoms. The Morgan fingerprint density at radius 3 is 2.44 bits per heavy atom. The van der Waals surface area contributed by atoms with Gasteiger partial charge in [-0.15, -0.1) is 0 Å². The van der Waals surface area contributed by atoms with Gasteiger partial charge in [0, 0.05) is 6.04 Å². The molecule has 0 heterocycles. The van der Waals surface area contributed by atoms with Crippen molar-refractivity contribution in [3.63, 3.8) is 0 Å². The summed E-state index contributed by atoms with van der Waals surface area (Å²) >= 11 is 0. The second-order valence-corrected chi connectivity index (χ2v) is 6.43. The first-order valence-electron chi connectivity index (χ1n) is 5.83. The lowest BCUT2D eigenvalue weighted by molar-refractivity contribution is 0.476. The van der Waals surface area contributed by atoms with Gasteiger partial charge in [-0.3, -0.25) is 0 Å². The van der Waals surface area contributed by atoms with E-state index >= 15 is 0 Å². The van der Waals surface area contributed by atoms with Crippen LogP contribution in [0.5, 0.6) is 0 Å². The van der Waals surface area contributed by atoms with Gasteiger partial charge in [-0.05, 0) is 24.5 Å². The van der Waals surface area contributed by atoms with Crippen molar-refractivity contribution in [2.45, 2.75) is 32.6 Å². The van der Waals surface area contributed by atoms with Crippen LogP contribution in [0.3, 0.4) is 0 Å². The van der Waals surface area contributed by atoms with E-state index in [1.807, 2.05) is 26.8 Å². The molecule has 0 spiro atoms. The number of rotatable bonds is 5. The predicted octanol–water partition coefficient (Wildman–Crippen LogP) is 2.02. The molecule has 4 nitrogen and oxygen atoms in total. The highest BCUT2D eigenvalue weighted by Gasteiger charge is 2.18. The Kier molecular flexibility index (Phi) is 4.88. The number of nitrogens with zero attached hydrogens (tertiary/aromatic N) is 1. The van der Waals surface area contributed by atoms with E-state index in [0.29, 0.717) is 11.1 Å². The van der Waals surface area contributed by atoms with Gasteiger partial charge in [0.1, 0.15) is 0 Å². The Morgan fingerprint density at radius 1 is 1.28 bits per heavy atom. The minimum Gasteiger partial charge on any atom is -0.212 e. The fraction of sp³-hybridized carbons (Fsp3) is 0.462. The molecule has 0 aliphatic rings. The highest BCUT2D eigenvalue weighted by Crippen LogP contribution is 2.12. The number of hydrogen-bond donors (Lipinski definition) is 1. The normalized spacial score (nSPS) is 13.3. The Hall–Kier alpha value is -1.38. The van der Waals surface area contributed by atoms with Crippen molar-refractivity contribution in [1.82, 2.24) is 4.72 Å². The zero-order valence-electron chi connectivity index (χ0n) is 10.8. The molecule has 98 valence electrons. The number of nitrogens with one attached hydrogen (secondary N) is 1. The summed E-state index contributed by atoms with van der Waals surface area (Å²) in [5, 5.41) is 8.92. The third-order valence-electron chi connectivity index (χ3n) is 2.85. The van der Waals surface area contributed by atoms with Crippen LogP contribution in [0.4, 0.5) is 0 Å². The standard InChI is InChI=1S/C13H18N2O2S/c1-10(2)11(3)15-18(16,17)9-13-7-5-4-6-12(13)8-14/h4-7,10-11,15H,9H2,1-3H3. The quantitative estimate of drug-likeness (QED) is 0.886. The molecule has 0 aromatic heterocycles. The molecule has 0 aliphatic heterocycles. The van der Waals surface area contributed by atoms with Gasteiger partial charge in [0.05, 0.1) is 17.4 Å². The molecule has 0 amide bonds. The van der Waals surface area contributed by atoms with Crippen LogP contribution in [0.15, 0.2) is 24.3 Å². The number of sulfonamides is 1. The van der Waals surface area contributed by atoms with E-state index in [0.717, 1.165) is 0 Å². The molecule has 1 aromatic carbocycles. The van der Waals surface area contributed by atoms with Crippen LogP contribution in [-0.2, 0) is 15.8 Å². The summed E-state index contributed by atoms with van der Waals surface area (Å²) in [5.41, 5.74) is 0.934. The van der Waals surface area contributed by atoms with Gasteiger partial charge in [0.25, 0.3) is 0 Å². The van der Waals surface area contributed by atoms with E-state index < -0.39 is 10.0 Å². The van der Waals surface area contributed by atoms with Gasteiger partial charge in [0.15, 0.2) is 0 Å². The molecule has 5 heteroatoms. The second-order valence-electron chi connectivity index (χ2n) is 4.68. The van der Waals surface area contributed by atoms with E-state index in [1.165, 1.54) is 0 Å². The summed E-state index contributed by atoms with van der Waals surface area (Å²) in [6.07, 6.45) is 0. The van der Waals surface area contributed by atoms with Gasteiger partial charge in [-0.2, -0.15) is 5.26 Å². The molecular weight excluding hydrogens is 248 g/mol. The van der Waals surface area contributed by atoms with Crippen molar-refractivity contribution < 1.29 is 8.42 Å². The lowest BCUT2D eigenvalue weighted by Gasteiger charge is -2.17. The summed E-state index contributed by atoms with van der Waals surface area (Å²) < 4.78 is 26.5. The maximum atomic E-state index is 12.0. The molecule has 1 N–H and O–H groups in total. The molecule has 1 aromatic rings. The topological polar surface area (TPSA) is 70.0 Å². The zero-order valence-corrected chi connectivity index (χ0v) is 11.7. The molecule has 0 radical (unpaired) electrons. The first-order valence-corrected chi connectivity index (χ1v) is 7.49. The largest absolute Gasteiger partial charge is 0.216 e. The molecular formula is C13H18N2O2S. The Balaban J connectivity index is 2.87. The third kappa shape index (κ3) is 4.13. The highest BCUT2D eigenvalue weighted by molar-refractivity contribution is 7.88. The molecule has 0 saturated heterocycles. The van der Waals surface area contributed by atoms with Crippen molar-refractivity contribution in [2.75, 3.05) is 0 Å². The Bertz CT molecular complexity index is 544.